The maximum absolute atomic E-state index is 13.6. The van der Waals surface area contributed by atoms with Crippen LogP contribution in [0.25, 0.3) is 0 Å². The van der Waals surface area contributed by atoms with Crippen LogP contribution in [0.4, 0.5) is 5.69 Å². The summed E-state index contributed by atoms with van der Waals surface area (Å²) in [6.45, 7) is 6.76. The molecular formula is C21H22N2O2S. The number of benzene rings is 2. The summed E-state index contributed by atoms with van der Waals surface area (Å²) in [5.74, 6) is 0.723. The van der Waals surface area contributed by atoms with E-state index < -0.39 is 4.87 Å². The second kappa shape index (κ2) is 6.16. The Balaban J connectivity index is 1.82. The number of aryl methyl sites for hydroxylation is 2. The molecule has 1 spiro atoms. The quantitative estimate of drug-likeness (QED) is 0.815. The van der Waals surface area contributed by atoms with Crippen LogP contribution in [0.3, 0.4) is 0 Å². The minimum Gasteiger partial charge on any atom is -0.315 e. The maximum atomic E-state index is 13.6. The van der Waals surface area contributed by atoms with Crippen LogP contribution in [-0.4, -0.2) is 29.0 Å². The normalized spacial score (nSPS) is 21.6. The molecule has 0 unspecified atom stereocenters. The van der Waals surface area contributed by atoms with Crippen molar-refractivity contribution in [1.82, 2.24) is 4.90 Å². The molecule has 1 fully saturated rings. The molecule has 1 saturated heterocycles. The molecule has 0 saturated carbocycles. The van der Waals surface area contributed by atoms with Gasteiger partial charge in [-0.25, -0.2) is 0 Å². The van der Waals surface area contributed by atoms with Crippen molar-refractivity contribution in [3.8, 4) is 0 Å². The van der Waals surface area contributed by atoms with Gasteiger partial charge in [-0.3, -0.25) is 9.59 Å². The lowest BCUT2D eigenvalue weighted by molar-refractivity contribution is -0.138. The van der Waals surface area contributed by atoms with E-state index in [0.29, 0.717) is 13.1 Å². The highest BCUT2D eigenvalue weighted by molar-refractivity contribution is 8.01. The van der Waals surface area contributed by atoms with Gasteiger partial charge in [-0.15, -0.1) is 11.8 Å². The van der Waals surface area contributed by atoms with E-state index in [0.717, 1.165) is 28.1 Å². The van der Waals surface area contributed by atoms with Crippen molar-refractivity contribution in [2.75, 3.05) is 17.2 Å². The molecule has 5 heteroatoms. The molecule has 2 heterocycles. The molecule has 0 aliphatic carbocycles. The average Bonchev–Trinajstić information content (AvgIpc) is 3.15. The molecule has 0 N–H and O–H groups in total. The van der Waals surface area contributed by atoms with Crippen LogP contribution in [0, 0.1) is 13.8 Å². The van der Waals surface area contributed by atoms with E-state index in [1.165, 1.54) is 5.56 Å². The number of thioether (sulfide) groups is 1. The Morgan fingerprint density at radius 2 is 1.81 bits per heavy atom. The predicted octanol–water partition coefficient (Wildman–Crippen LogP) is 3.60. The molecule has 2 aliphatic heterocycles. The average molecular weight is 366 g/mol. The van der Waals surface area contributed by atoms with Crippen LogP contribution in [-0.2, 0) is 21.0 Å². The molecule has 0 bridgehead atoms. The molecule has 2 aromatic carbocycles. The van der Waals surface area contributed by atoms with E-state index in [4.69, 9.17) is 0 Å². The monoisotopic (exact) mass is 366 g/mol. The number of rotatable bonds is 2. The Bertz CT molecular complexity index is 893. The van der Waals surface area contributed by atoms with Crippen molar-refractivity contribution >= 4 is 29.3 Å². The lowest BCUT2D eigenvalue weighted by Gasteiger charge is -2.32. The molecule has 0 aromatic heterocycles. The third-order valence-corrected chi connectivity index (χ3v) is 6.61. The highest BCUT2D eigenvalue weighted by Gasteiger charge is 2.58. The molecule has 2 aromatic rings. The van der Waals surface area contributed by atoms with E-state index in [1.54, 1.807) is 23.6 Å². The second-order valence-corrected chi connectivity index (χ2v) is 8.35. The standard InChI is InChI=1S/C21H22N2O2S/c1-14-4-7-17(8-5-14)13-22-19-9-6-15(2)12-18(19)21(20(22)25)23(16(3)24)10-11-26-21/h4-9,12H,10-11,13H2,1-3H3/t21-/m1/s1. The molecule has 1 atom stereocenters. The van der Waals surface area contributed by atoms with Crippen LogP contribution >= 0.6 is 11.8 Å². The lowest BCUT2D eigenvalue weighted by Crippen LogP contribution is -2.49. The van der Waals surface area contributed by atoms with Crippen molar-refractivity contribution in [3.05, 3.63) is 64.7 Å². The highest BCUT2D eigenvalue weighted by atomic mass is 32.2. The fourth-order valence-corrected chi connectivity index (χ4v) is 5.39. The van der Waals surface area contributed by atoms with Crippen LogP contribution in [0.1, 0.15) is 29.2 Å². The van der Waals surface area contributed by atoms with Crippen molar-refractivity contribution in [3.63, 3.8) is 0 Å². The summed E-state index contributed by atoms with van der Waals surface area (Å²) < 4.78 is 0. The number of fused-ring (bicyclic) bond motifs is 2. The minimum absolute atomic E-state index is 0.00336. The second-order valence-electron chi connectivity index (χ2n) is 7.06. The number of carbonyl (C=O) groups is 2. The molecule has 134 valence electrons. The Labute approximate surface area is 158 Å². The van der Waals surface area contributed by atoms with Crippen LogP contribution in [0.2, 0.25) is 0 Å². The summed E-state index contributed by atoms with van der Waals surface area (Å²) in [5.41, 5.74) is 5.26. The molecule has 0 radical (unpaired) electrons. The Hall–Kier alpha value is -2.27. The number of nitrogens with zero attached hydrogens (tertiary/aromatic N) is 2. The van der Waals surface area contributed by atoms with Gasteiger partial charge in [0.05, 0.1) is 12.2 Å². The summed E-state index contributed by atoms with van der Waals surface area (Å²) in [5, 5.41) is 0. The van der Waals surface area contributed by atoms with Gasteiger partial charge in [0.1, 0.15) is 0 Å². The fraction of sp³-hybridized carbons (Fsp3) is 0.333. The smallest absolute Gasteiger partial charge is 0.268 e. The zero-order chi connectivity index (χ0) is 18.5. The van der Waals surface area contributed by atoms with E-state index in [9.17, 15) is 9.59 Å². The number of hydrogen-bond donors (Lipinski definition) is 0. The van der Waals surface area contributed by atoms with Gasteiger partial charge in [0, 0.05) is 24.8 Å². The summed E-state index contributed by atoms with van der Waals surface area (Å²) in [6.07, 6.45) is 0. The lowest BCUT2D eigenvalue weighted by atomic mass is 10.0. The Morgan fingerprint density at radius 1 is 1.12 bits per heavy atom. The molecular weight excluding hydrogens is 344 g/mol. The summed E-state index contributed by atoms with van der Waals surface area (Å²) in [4.78, 5) is 28.6. The molecule has 26 heavy (non-hydrogen) atoms. The maximum Gasteiger partial charge on any atom is 0.268 e. The minimum atomic E-state index is -0.905. The largest absolute Gasteiger partial charge is 0.315 e. The van der Waals surface area contributed by atoms with Gasteiger partial charge in [-0.1, -0.05) is 47.5 Å². The summed E-state index contributed by atoms with van der Waals surface area (Å²) in [7, 11) is 0. The topological polar surface area (TPSA) is 40.6 Å². The number of amides is 2. The third kappa shape index (κ3) is 2.45. The Morgan fingerprint density at radius 3 is 2.50 bits per heavy atom. The van der Waals surface area contributed by atoms with Crippen molar-refractivity contribution in [2.45, 2.75) is 32.2 Å². The van der Waals surface area contributed by atoms with Gasteiger partial charge in [0.2, 0.25) is 5.91 Å². The van der Waals surface area contributed by atoms with Gasteiger partial charge in [0.15, 0.2) is 4.87 Å². The third-order valence-electron chi connectivity index (χ3n) is 5.19. The fourth-order valence-electron chi connectivity index (χ4n) is 3.90. The van der Waals surface area contributed by atoms with E-state index in [2.05, 4.69) is 37.3 Å². The first kappa shape index (κ1) is 17.2. The molecule has 4 rings (SSSR count). The van der Waals surface area contributed by atoms with E-state index >= 15 is 0 Å². The summed E-state index contributed by atoms with van der Waals surface area (Å²) in [6, 6.07) is 14.4. The van der Waals surface area contributed by atoms with Gasteiger partial charge < -0.3 is 9.80 Å². The number of anilines is 1. The van der Waals surface area contributed by atoms with E-state index in [1.807, 2.05) is 24.0 Å². The van der Waals surface area contributed by atoms with Crippen molar-refractivity contribution in [1.29, 1.82) is 0 Å². The predicted molar refractivity (Wildman–Crippen MR) is 105 cm³/mol. The molecule has 2 amide bonds. The van der Waals surface area contributed by atoms with Gasteiger partial charge in [-0.2, -0.15) is 0 Å². The zero-order valence-corrected chi connectivity index (χ0v) is 16.1. The van der Waals surface area contributed by atoms with Crippen molar-refractivity contribution in [2.24, 2.45) is 0 Å². The highest BCUT2D eigenvalue weighted by Crippen LogP contribution is 2.54. The molecule has 4 nitrogen and oxygen atoms in total. The zero-order valence-electron chi connectivity index (χ0n) is 15.3. The molecule has 2 aliphatic rings. The van der Waals surface area contributed by atoms with Gasteiger partial charge in [-0.05, 0) is 25.5 Å². The number of carbonyl (C=O) groups excluding carboxylic acids is 2. The SMILES string of the molecule is CC(=O)N1CCS[C@]12C(=O)N(Cc1ccc(C)cc1)c1ccc(C)cc12. The Kier molecular flexibility index (Phi) is 4.07. The number of hydrogen-bond acceptors (Lipinski definition) is 3. The summed E-state index contributed by atoms with van der Waals surface area (Å²) >= 11 is 1.58. The first-order valence-electron chi connectivity index (χ1n) is 8.84. The van der Waals surface area contributed by atoms with Crippen molar-refractivity contribution < 1.29 is 9.59 Å². The van der Waals surface area contributed by atoms with Crippen LogP contribution in [0.5, 0.6) is 0 Å². The van der Waals surface area contributed by atoms with Gasteiger partial charge >= 0.3 is 0 Å². The van der Waals surface area contributed by atoms with Crippen LogP contribution in [0.15, 0.2) is 42.5 Å². The first-order chi connectivity index (χ1) is 12.4. The van der Waals surface area contributed by atoms with Gasteiger partial charge in [0.25, 0.3) is 5.91 Å². The van der Waals surface area contributed by atoms with E-state index in [-0.39, 0.29) is 11.8 Å². The first-order valence-corrected chi connectivity index (χ1v) is 9.83. The van der Waals surface area contributed by atoms with Crippen LogP contribution < -0.4 is 4.90 Å².